The standard InChI is InChI=1S/C20H27N5O/c1-16(2)17-6-3-4-7-18(17)23-19(26)8-11-24-12-14-25(15-13-24)20-21-9-5-10-22-20/h3-7,9-10,16H,8,11-15H2,1-2H3,(H,23,26). The van der Waals surface area contributed by atoms with Crippen LogP contribution in [0.15, 0.2) is 42.7 Å². The number of piperazine rings is 1. The number of hydrogen-bond acceptors (Lipinski definition) is 5. The largest absolute Gasteiger partial charge is 0.338 e. The molecule has 0 radical (unpaired) electrons. The molecule has 0 bridgehead atoms. The molecule has 1 saturated heterocycles. The third-order valence-corrected chi connectivity index (χ3v) is 4.72. The summed E-state index contributed by atoms with van der Waals surface area (Å²) in [4.78, 5) is 25.5. The van der Waals surface area contributed by atoms with Crippen molar-refractivity contribution in [3.05, 3.63) is 48.3 Å². The highest BCUT2D eigenvalue weighted by atomic mass is 16.1. The van der Waals surface area contributed by atoms with Crippen molar-refractivity contribution in [2.24, 2.45) is 0 Å². The zero-order valence-electron chi connectivity index (χ0n) is 15.6. The van der Waals surface area contributed by atoms with Crippen LogP contribution in [0.1, 0.15) is 31.7 Å². The molecule has 2 heterocycles. The van der Waals surface area contributed by atoms with Gasteiger partial charge in [0.05, 0.1) is 0 Å². The van der Waals surface area contributed by atoms with Gasteiger partial charge in [-0.05, 0) is 23.6 Å². The Bertz CT molecular complexity index is 711. The summed E-state index contributed by atoms with van der Waals surface area (Å²) in [5, 5.41) is 3.07. The first-order chi connectivity index (χ1) is 12.6. The summed E-state index contributed by atoms with van der Waals surface area (Å²) in [7, 11) is 0. The van der Waals surface area contributed by atoms with Gasteiger partial charge in [-0.15, -0.1) is 0 Å². The average molecular weight is 353 g/mol. The molecule has 1 N–H and O–H groups in total. The molecule has 1 aliphatic heterocycles. The summed E-state index contributed by atoms with van der Waals surface area (Å²) >= 11 is 0. The Kier molecular flexibility index (Phi) is 6.17. The van der Waals surface area contributed by atoms with Gasteiger partial charge in [-0.1, -0.05) is 32.0 Å². The maximum Gasteiger partial charge on any atom is 0.225 e. The molecule has 1 fully saturated rings. The second-order valence-electron chi connectivity index (χ2n) is 6.92. The summed E-state index contributed by atoms with van der Waals surface area (Å²) in [5.74, 6) is 1.25. The minimum Gasteiger partial charge on any atom is -0.338 e. The number of amides is 1. The molecular weight excluding hydrogens is 326 g/mol. The van der Waals surface area contributed by atoms with Crippen molar-refractivity contribution in [2.75, 3.05) is 42.9 Å². The Labute approximate surface area is 155 Å². The van der Waals surface area contributed by atoms with Gasteiger partial charge < -0.3 is 10.2 Å². The summed E-state index contributed by atoms with van der Waals surface area (Å²) in [6.07, 6.45) is 4.05. The molecule has 0 spiro atoms. The number of nitrogens with zero attached hydrogens (tertiary/aromatic N) is 4. The van der Waals surface area contributed by atoms with Crippen LogP contribution in [-0.2, 0) is 4.79 Å². The molecule has 0 unspecified atom stereocenters. The van der Waals surface area contributed by atoms with Gasteiger partial charge in [0.25, 0.3) is 0 Å². The van der Waals surface area contributed by atoms with Crippen molar-refractivity contribution >= 4 is 17.5 Å². The van der Waals surface area contributed by atoms with Crippen LogP contribution < -0.4 is 10.2 Å². The molecule has 1 aliphatic rings. The van der Waals surface area contributed by atoms with Crippen LogP contribution >= 0.6 is 0 Å². The molecule has 26 heavy (non-hydrogen) atoms. The predicted molar refractivity (Wildman–Crippen MR) is 104 cm³/mol. The maximum absolute atomic E-state index is 12.3. The number of hydrogen-bond donors (Lipinski definition) is 1. The van der Waals surface area contributed by atoms with E-state index in [-0.39, 0.29) is 5.91 Å². The number of nitrogens with one attached hydrogen (secondary N) is 1. The Hall–Kier alpha value is -2.47. The molecular formula is C20H27N5O. The maximum atomic E-state index is 12.3. The van der Waals surface area contributed by atoms with Crippen molar-refractivity contribution in [3.63, 3.8) is 0 Å². The highest BCUT2D eigenvalue weighted by molar-refractivity contribution is 5.91. The van der Waals surface area contributed by atoms with Crippen LogP contribution in [-0.4, -0.2) is 53.5 Å². The first-order valence-corrected chi connectivity index (χ1v) is 9.26. The van der Waals surface area contributed by atoms with Crippen molar-refractivity contribution in [3.8, 4) is 0 Å². The Balaban J connectivity index is 1.45. The molecule has 0 atom stereocenters. The number of benzene rings is 1. The second kappa shape index (κ2) is 8.76. The van der Waals surface area contributed by atoms with E-state index in [0.717, 1.165) is 44.4 Å². The lowest BCUT2D eigenvalue weighted by Gasteiger charge is -2.34. The molecule has 6 heteroatoms. The minimum atomic E-state index is 0.0759. The minimum absolute atomic E-state index is 0.0759. The van der Waals surface area contributed by atoms with Crippen molar-refractivity contribution in [1.82, 2.24) is 14.9 Å². The lowest BCUT2D eigenvalue weighted by atomic mass is 10.0. The molecule has 3 rings (SSSR count). The van der Waals surface area contributed by atoms with E-state index < -0.39 is 0 Å². The molecule has 138 valence electrons. The topological polar surface area (TPSA) is 61.4 Å². The van der Waals surface area contributed by atoms with E-state index in [0.29, 0.717) is 12.3 Å². The normalized spacial score (nSPS) is 15.3. The van der Waals surface area contributed by atoms with E-state index >= 15 is 0 Å². The summed E-state index contributed by atoms with van der Waals surface area (Å²) in [6, 6.07) is 9.86. The number of anilines is 2. The van der Waals surface area contributed by atoms with Crippen LogP contribution in [0.25, 0.3) is 0 Å². The van der Waals surface area contributed by atoms with Crippen LogP contribution in [0, 0.1) is 0 Å². The van der Waals surface area contributed by atoms with Crippen LogP contribution in [0.3, 0.4) is 0 Å². The fraction of sp³-hybridized carbons (Fsp3) is 0.450. The Morgan fingerprint density at radius 2 is 1.77 bits per heavy atom. The monoisotopic (exact) mass is 353 g/mol. The van der Waals surface area contributed by atoms with Crippen LogP contribution in [0.4, 0.5) is 11.6 Å². The summed E-state index contributed by atoms with van der Waals surface area (Å²) < 4.78 is 0. The van der Waals surface area contributed by atoms with Gasteiger partial charge in [0.1, 0.15) is 0 Å². The molecule has 6 nitrogen and oxygen atoms in total. The molecule has 1 aromatic carbocycles. The summed E-state index contributed by atoms with van der Waals surface area (Å²) in [6.45, 7) is 8.69. The second-order valence-corrected chi connectivity index (χ2v) is 6.92. The van der Waals surface area contributed by atoms with Gasteiger partial charge in [-0.2, -0.15) is 0 Å². The van der Waals surface area contributed by atoms with Crippen molar-refractivity contribution < 1.29 is 4.79 Å². The van der Waals surface area contributed by atoms with Crippen molar-refractivity contribution in [1.29, 1.82) is 0 Å². The molecule has 2 aromatic rings. The summed E-state index contributed by atoms with van der Waals surface area (Å²) in [5.41, 5.74) is 2.11. The fourth-order valence-electron chi connectivity index (χ4n) is 3.21. The number of carbonyl (C=O) groups excluding carboxylic acids is 1. The Morgan fingerprint density at radius 1 is 1.08 bits per heavy atom. The van der Waals surface area contributed by atoms with Gasteiger partial charge in [0.15, 0.2) is 0 Å². The van der Waals surface area contributed by atoms with E-state index in [4.69, 9.17) is 0 Å². The number of carbonyl (C=O) groups is 1. The lowest BCUT2D eigenvalue weighted by Crippen LogP contribution is -2.47. The van der Waals surface area contributed by atoms with Crippen molar-refractivity contribution in [2.45, 2.75) is 26.2 Å². The Morgan fingerprint density at radius 3 is 2.46 bits per heavy atom. The van der Waals surface area contributed by atoms with Gasteiger partial charge in [-0.25, -0.2) is 9.97 Å². The third kappa shape index (κ3) is 4.79. The van der Waals surface area contributed by atoms with E-state index in [1.165, 1.54) is 5.56 Å². The lowest BCUT2D eigenvalue weighted by molar-refractivity contribution is -0.116. The van der Waals surface area contributed by atoms with E-state index in [1.54, 1.807) is 12.4 Å². The van der Waals surface area contributed by atoms with Gasteiger partial charge >= 0.3 is 0 Å². The number of para-hydroxylation sites is 1. The first-order valence-electron chi connectivity index (χ1n) is 9.26. The highest BCUT2D eigenvalue weighted by Gasteiger charge is 2.19. The predicted octanol–water partition coefficient (Wildman–Crippen LogP) is 2.75. The SMILES string of the molecule is CC(C)c1ccccc1NC(=O)CCN1CCN(c2ncccn2)CC1. The van der Waals surface area contributed by atoms with Crippen LogP contribution in [0.2, 0.25) is 0 Å². The molecule has 1 aromatic heterocycles. The first kappa shape index (κ1) is 18.3. The van der Waals surface area contributed by atoms with Gasteiger partial charge in [-0.3, -0.25) is 9.69 Å². The number of rotatable bonds is 6. The van der Waals surface area contributed by atoms with E-state index in [2.05, 4.69) is 45.0 Å². The zero-order chi connectivity index (χ0) is 18.4. The van der Waals surface area contributed by atoms with E-state index in [1.807, 2.05) is 24.3 Å². The molecule has 0 aliphatic carbocycles. The van der Waals surface area contributed by atoms with Crippen LogP contribution in [0.5, 0.6) is 0 Å². The smallest absolute Gasteiger partial charge is 0.225 e. The zero-order valence-corrected chi connectivity index (χ0v) is 15.6. The van der Waals surface area contributed by atoms with E-state index in [9.17, 15) is 4.79 Å². The van der Waals surface area contributed by atoms with Gasteiger partial charge in [0, 0.05) is 57.2 Å². The molecule has 1 amide bonds. The quantitative estimate of drug-likeness (QED) is 0.865. The highest BCUT2D eigenvalue weighted by Crippen LogP contribution is 2.23. The number of aromatic nitrogens is 2. The fourth-order valence-corrected chi connectivity index (χ4v) is 3.21. The molecule has 0 saturated carbocycles. The third-order valence-electron chi connectivity index (χ3n) is 4.72. The average Bonchev–Trinajstić information content (AvgIpc) is 2.68. The van der Waals surface area contributed by atoms with Gasteiger partial charge in [0.2, 0.25) is 11.9 Å².